The molecule has 1 saturated heterocycles. The van der Waals surface area contributed by atoms with Gasteiger partial charge in [0.15, 0.2) is 0 Å². The summed E-state index contributed by atoms with van der Waals surface area (Å²) in [7, 11) is 0. The highest BCUT2D eigenvalue weighted by Crippen LogP contribution is 2.24. The number of non-ortho nitro benzene ring substituents is 1. The second-order valence-electron chi connectivity index (χ2n) is 7.37. The Balaban J connectivity index is 1.29. The Kier molecular flexibility index (Phi) is 6.24. The molecule has 31 heavy (non-hydrogen) atoms. The van der Waals surface area contributed by atoms with Crippen LogP contribution in [0.2, 0.25) is 5.02 Å². The Bertz CT molecular complexity index is 1090. The zero-order valence-electron chi connectivity index (χ0n) is 16.5. The molecule has 10 heteroatoms. The number of hydrogen-bond acceptors (Lipinski definition) is 7. The number of piperidine rings is 1. The molecule has 1 amide bonds. The molecular weight excluding hydrogens is 422 g/mol. The van der Waals surface area contributed by atoms with E-state index in [0.29, 0.717) is 54.9 Å². The number of nitrogens with zero attached hydrogens (tertiary/aromatic N) is 4. The summed E-state index contributed by atoms with van der Waals surface area (Å²) in [5.74, 6) is 0.722. The van der Waals surface area contributed by atoms with Crippen LogP contribution >= 0.6 is 11.6 Å². The van der Waals surface area contributed by atoms with Crippen LogP contribution in [0.25, 0.3) is 11.4 Å². The Morgan fingerprint density at radius 1 is 1.23 bits per heavy atom. The first-order valence-electron chi connectivity index (χ1n) is 9.84. The number of nitro benzene ring substituents is 1. The van der Waals surface area contributed by atoms with Crippen molar-refractivity contribution in [1.82, 2.24) is 15.0 Å². The van der Waals surface area contributed by atoms with Crippen LogP contribution in [0.1, 0.15) is 18.7 Å². The predicted molar refractivity (Wildman–Crippen MR) is 114 cm³/mol. The summed E-state index contributed by atoms with van der Waals surface area (Å²) in [6.07, 6.45) is 1.35. The van der Waals surface area contributed by atoms with Gasteiger partial charge in [-0.3, -0.25) is 19.8 Å². The Hall–Kier alpha value is -3.30. The van der Waals surface area contributed by atoms with E-state index in [2.05, 4.69) is 20.4 Å². The van der Waals surface area contributed by atoms with Crippen LogP contribution in [-0.2, 0) is 11.3 Å². The smallest absolute Gasteiger partial charge is 0.271 e. The van der Waals surface area contributed by atoms with Gasteiger partial charge in [-0.15, -0.1) is 0 Å². The van der Waals surface area contributed by atoms with Crippen LogP contribution in [0.15, 0.2) is 53.1 Å². The van der Waals surface area contributed by atoms with Crippen LogP contribution in [0.3, 0.4) is 0 Å². The fraction of sp³-hybridized carbons (Fsp3) is 0.286. The molecule has 0 unspecified atom stereocenters. The number of amides is 1. The maximum absolute atomic E-state index is 12.6. The monoisotopic (exact) mass is 441 g/mol. The topological polar surface area (TPSA) is 114 Å². The van der Waals surface area contributed by atoms with E-state index < -0.39 is 4.92 Å². The van der Waals surface area contributed by atoms with E-state index in [-0.39, 0.29) is 17.5 Å². The highest BCUT2D eigenvalue weighted by molar-refractivity contribution is 6.30. The molecule has 0 bridgehead atoms. The number of likely N-dealkylation sites (tertiary alicyclic amines) is 1. The van der Waals surface area contributed by atoms with Gasteiger partial charge in [0.2, 0.25) is 17.6 Å². The minimum atomic E-state index is -0.483. The molecule has 4 rings (SSSR count). The molecule has 1 fully saturated rings. The molecule has 1 aliphatic heterocycles. The first-order chi connectivity index (χ1) is 15.0. The quantitative estimate of drug-likeness (QED) is 0.451. The van der Waals surface area contributed by atoms with Crippen LogP contribution < -0.4 is 5.32 Å². The maximum Gasteiger partial charge on any atom is 0.271 e. The molecular formula is C21H20ClN5O4. The lowest BCUT2D eigenvalue weighted by atomic mass is 9.96. The number of rotatable bonds is 6. The van der Waals surface area contributed by atoms with E-state index in [0.717, 1.165) is 5.56 Å². The predicted octanol–water partition coefficient (Wildman–Crippen LogP) is 4.15. The van der Waals surface area contributed by atoms with Gasteiger partial charge in [0.25, 0.3) is 5.69 Å². The second kappa shape index (κ2) is 9.23. The van der Waals surface area contributed by atoms with Crippen LogP contribution in [0.4, 0.5) is 11.4 Å². The van der Waals surface area contributed by atoms with Crippen molar-refractivity contribution >= 4 is 28.9 Å². The third kappa shape index (κ3) is 5.25. The number of hydrogen-bond donors (Lipinski definition) is 1. The fourth-order valence-electron chi connectivity index (χ4n) is 3.55. The standard InChI is InChI=1S/C21H20ClN5O4/c22-16-4-1-3-15(11-16)20-24-19(31-25-20)13-26-9-7-14(8-10-26)21(28)23-17-5-2-6-18(12-17)27(29)30/h1-6,11-12,14H,7-10,13H2,(H,23,28). The van der Waals surface area contributed by atoms with Gasteiger partial charge >= 0.3 is 0 Å². The SMILES string of the molecule is O=C(Nc1cccc([N+](=O)[O-])c1)C1CCN(Cc2nc(-c3cccc(Cl)c3)no2)CC1. The lowest BCUT2D eigenvalue weighted by Gasteiger charge is -2.30. The molecule has 0 saturated carbocycles. The van der Waals surface area contributed by atoms with Crippen molar-refractivity contribution in [3.8, 4) is 11.4 Å². The van der Waals surface area contributed by atoms with Crippen molar-refractivity contribution in [2.24, 2.45) is 5.92 Å². The molecule has 0 atom stereocenters. The number of halogens is 1. The summed E-state index contributed by atoms with van der Waals surface area (Å²) < 4.78 is 5.37. The van der Waals surface area contributed by atoms with Gasteiger partial charge in [0, 0.05) is 34.3 Å². The number of benzene rings is 2. The fourth-order valence-corrected chi connectivity index (χ4v) is 3.74. The molecule has 1 aromatic heterocycles. The van der Waals surface area contributed by atoms with Gasteiger partial charge in [-0.2, -0.15) is 4.98 Å². The Labute approximate surface area is 183 Å². The highest BCUT2D eigenvalue weighted by Gasteiger charge is 2.26. The lowest BCUT2D eigenvalue weighted by molar-refractivity contribution is -0.384. The Morgan fingerprint density at radius 2 is 2.00 bits per heavy atom. The zero-order valence-corrected chi connectivity index (χ0v) is 17.3. The molecule has 0 aliphatic carbocycles. The average Bonchev–Trinajstić information content (AvgIpc) is 3.23. The first kappa shape index (κ1) is 21.0. The number of carbonyl (C=O) groups is 1. The second-order valence-corrected chi connectivity index (χ2v) is 7.81. The number of nitrogens with one attached hydrogen (secondary N) is 1. The van der Waals surface area contributed by atoms with Crippen molar-refractivity contribution < 1.29 is 14.2 Å². The summed E-state index contributed by atoms with van der Waals surface area (Å²) in [5.41, 5.74) is 1.17. The number of nitro groups is 1. The van der Waals surface area contributed by atoms with Gasteiger partial charge < -0.3 is 9.84 Å². The van der Waals surface area contributed by atoms with Crippen molar-refractivity contribution in [2.75, 3.05) is 18.4 Å². The molecule has 1 aliphatic rings. The summed E-state index contributed by atoms with van der Waals surface area (Å²) in [6.45, 7) is 1.93. The van der Waals surface area contributed by atoms with E-state index in [1.54, 1.807) is 24.3 Å². The lowest BCUT2D eigenvalue weighted by Crippen LogP contribution is -2.37. The summed E-state index contributed by atoms with van der Waals surface area (Å²) in [4.78, 5) is 29.6. The zero-order chi connectivity index (χ0) is 21.8. The number of aromatic nitrogens is 2. The van der Waals surface area contributed by atoms with Crippen molar-refractivity contribution in [1.29, 1.82) is 0 Å². The normalized spacial score (nSPS) is 15.0. The number of anilines is 1. The van der Waals surface area contributed by atoms with Gasteiger partial charge in [-0.25, -0.2) is 0 Å². The van der Waals surface area contributed by atoms with Gasteiger partial charge in [0.1, 0.15) is 0 Å². The van der Waals surface area contributed by atoms with Crippen LogP contribution in [0, 0.1) is 16.0 Å². The van der Waals surface area contributed by atoms with Crippen LogP contribution in [0.5, 0.6) is 0 Å². The molecule has 2 aromatic carbocycles. The molecule has 2 heterocycles. The summed E-state index contributed by atoms with van der Waals surface area (Å²) in [5, 5.41) is 18.3. The van der Waals surface area contributed by atoms with Gasteiger partial charge in [0.05, 0.1) is 11.5 Å². The summed E-state index contributed by atoms with van der Waals surface area (Å²) in [6, 6.07) is 13.2. The molecule has 3 aromatic rings. The average molecular weight is 442 g/mol. The third-order valence-electron chi connectivity index (χ3n) is 5.19. The third-order valence-corrected chi connectivity index (χ3v) is 5.43. The first-order valence-corrected chi connectivity index (χ1v) is 10.2. The molecule has 0 spiro atoms. The van der Waals surface area contributed by atoms with Crippen molar-refractivity contribution in [3.05, 3.63) is 69.6 Å². The van der Waals surface area contributed by atoms with E-state index in [9.17, 15) is 14.9 Å². The van der Waals surface area contributed by atoms with E-state index in [1.165, 1.54) is 12.1 Å². The number of carbonyl (C=O) groups excluding carboxylic acids is 1. The maximum atomic E-state index is 12.6. The van der Waals surface area contributed by atoms with Crippen molar-refractivity contribution in [3.63, 3.8) is 0 Å². The molecule has 1 N–H and O–H groups in total. The Morgan fingerprint density at radius 3 is 2.74 bits per heavy atom. The molecule has 160 valence electrons. The van der Waals surface area contributed by atoms with Crippen molar-refractivity contribution in [2.45, 2.75) is 19.4 Å². The van der Waals surface area contributed by atoms with E-state index in [1.807, 2.05) is 12.1 Å². The minimum absolute atomic E-state index is 0.0516. The molecule has 9 nitrogen and oxygen atoms in total. The van der Waals surface area contributed by atoms with E-state index >= 15 is 0 Å². The van der Waals surface area contributed by atoms with Gasteiger partial charge in [-0.1, -0.05) is 35.0 Å². The summed E-state index contributed by atoms with van der Waals surface area (Å²) >= 11 is 6.01. The largest absolute Gasteiger partial charge is 0.338 e. The minimum Gasteiger partial charge on any atom is -0.338 e. The van der Waals surface area contributed by atoms with E-state index in [4.69, 9.17) is 16.1 Å². The van der Waals surface area contributed by atoms with Crippen LogP contribution in [-0.4, -0.2) is 39.0 Å². The van der Waals surface area contributed by atoms with Gasteiger partial charge in [-0.05, 0) is 44.1 Å². The molecule has 0 radical (unpaired) electrons. The highest BCUT2D eigenvalue weighted by atomic mass is 35.5.